The van der Waals surface area contributed by atoms with Gasteiger partial charge in [0.05, 0.1) is 23.0 Å². The van der Waals surface area contributed by atoms with Crippen LogP contribution in [0.3, 0.4) is 0 Å². The first-order chi connectivity index (χ1) is 9.95. The van der Waals surface area contributed by atoms with Crippen LogP contribution in [0.5, 0.6) is 0 Å². The van der Waals surface area contributed by atoms with Crippen molar-refractivity contribution in [3.8, 4) is 6.07 Å². The lowest BCUT2D eigenvalue weighted by Gasteiger charge is -2.16. The first-order valence-corrected chi connectivity index (χ1v) is 6.57. The summed E-state index contributed by atoms with van der Waals surface area (Å²) in [5.74, 6) is -0.156. The zero-order valence-electron chi connectivity index (χ0n) is 12.2. The maximum atomic E-state index is 12.5. The highest BCUT2D eigenvalue weighted by molar-refractivity contribution is 6.07. The lowest BCUT2D eigenvalue weighted by Crippen LogP contribution is -2.27. The van der Waals surface area contributed by atoms with Crippen LogP contribution in [0.2, 0.25) is 0 Å². The maximum absolute atomic E-state index is 12.5. The number of aromatic nitrogens is 2. The predicted octanol–water partition coefficient (Wildman–Crippen LogP) is 2.26. The summed E-state index contributed by atoms with van der Waals surface area (Å²) in [4.78, 5) is 13.9. The number of H-pyrrole nitrogens is 1. The molecule has 0 atom stereocenters. The normalized spacial score (nSPS) is 10.4. The molecule has 0 radical (unpaired) electrons. The Kier molecular flexibility index (Phi) is 3.94. The molecule has 3 N–H and O–H groups in total. The Balaban J connectivity index is 2.33. The van der Waals surface area contributed by atoms with E-state index in [0.29, 0.717) is 16.9 Å². The van der Waals surface area contributed by atoms with Crippen molar-refractivity contribution in [2.24, 2.45) is 0 Å². The lowest BCUT2D eigenvalue weighted by atomic mass is 10.1. The summed E-state index contributed by atoms with van der Waals surface area (Å²) in [6, 6.07) is 8.85. The van der Waals surface area contributed by atoms with Crippen LogP contribution in [-0.2, 0) is 0 Å². The molecular formula is C15H17N5O. The van der Waals surface area contributed by atoms with Gasteiger partial charge in [-0.1, -0.05) is 19.9 Å². The fourth-order valence-corrected chi connectivity index (χ4v) is 2.03. The standard InChI is InChI=1S/C15H17N5O/c1-9(2)13-12(17)14(19-18-13)15(21)20(3)11-6-4-5-10(7-11)8-16/h4-7,9H,17H2,1-3H3,(H,18,19). The van der Waals surface area contributed by atoms with E-state index in [2.05, 4.69) is 10.2 Å². The van der Waals surface area contributed by atoms with E-state index in [-0.39, 0.29) is 17.5 Å². The minimum atomic E-state index is -0.314. The summed E-state index contributed by atoms with van der Waals surface area (Å²) < 4.78 is 0. The van der Waals surface area contributed by atoms with Gasteiger partial charge >= 0.3 is 0 Å². The molecule has 0 aliphatic carbocycles. The van der Waals surface area contributed by atoms with E-state index in [0.717, 1.165) is 5.69 Å². The molecule has 2 rings (SSSR count). The zero-order valence-corrected chi connectivity index (χ0v) is 12.2. The second-order valence-electron chi connectivity index (χ2n) is 5.08. The van der Waals surface area contributed by atoms with Crippen molar-refractivity contribution >= 4 is 17.3 Å². The molecule has 21 heavy (non-hydrogen) atoms. The Morgan fingerprint density at radius 2 is 2.19 bits per heavy atom. The van der Waals surface area contributed by atoms with E-state index >= 15 is 0 Å². The molecule has 1 aromatic heterocycles. The van der Waals surface area contributed by atoms with Gasteiger partial charge < -0.3 is 10.6 Å². The maximum Gasteiger partial charge on any atom is 0.280 e. The van der Waals surface area contributed by atoms with Gasteiger partial charge in [-0.05, 0) is 24.1 Å². The van der Waals surface area contributed by atoms with Crippen LogP contribution in [0.4, 0.5) is 11.4 Å². The van der Waals surface area contributed by atoms with Gasteiger partial charge in [0, 0.05) is 12.7 Å². The minimum absolute atomic E-state index is 0.159. The van der Waals surface area contributed by atoms with Crippen molar-refractivity contribution in [3.63, 3.8) is 0 Å². The number of aromatic amines is 1. The fraction of sp³-hybridized carbons (Fsp3) is 0.267. The van der Waals surface area contributed by atoms with Crippen molar-refractivity contribution in [2.45, 2.75) is 19.8 Å². The van der Waals surface area contributed by atoms with Crippen LogP contribution >= 0.6 is 0 Å². The number of nitriles is 1. The number of hydrogen-bond donors (Lipinski definition) is 2. The van der Waals surface area contributed by atoms with Gasteiger partial charge in [0.25, 0.3) is 5.91 Å². The van der Waals surface area contributed by atoms with E-state index in [9.17, 15) is 4.79 Å². The summed E-state index contributed by atoms with van der Waals surface area (Å²) >= 11 is 0. The fourth-order valence-electron chi connectivity index (χ4n) is 2.03. The van der Waals surface area contributed by atoms with Gasteiger partial charge in [-0.2, -0.15) is 10.4 Å². The van der Waals surface area contributed by atoms with Crippen LogP contribution in [0.15, 0.2) is 24.3 Å². The number of hydrogen-bond acceptors (Lipinski definition) is 4. The van der Waals surface area contributed by atoms with E-state index in [1.807, 2.05) is 19.9 Å². The third-order valence-electron chi connectivity index (χ3n) is 3.28. The van der Waals surface area contributed by atoms with Crippen molar-refractivity contribution < 1.29 is 4.79 Å². The second-order valence-corrected chi connectivity index (χ2v) is 5.08. The van der Waals surface area contributed by atoms with Crippen molar-refractivity contribution in [1.82, 2.24) is 10.2 Å². The zero-order chi connectivity index (χ0) is 15.6. The number of nitrogen functional groups attached to an aromatic ring is 1. The van der Waals surface area contributed by atoms with Crippen molar-refractivity contribution in [2.75, 3.05) is 17.7 Å². The topological polar surface area (TPSA) is 98.8 Å². The first-order valence-electron chi connectivity index (χ1n) is 6.57. The number of benzene rings is 1. The highest BCUT2D eigenvalue weighted by Crippen LogP contribution is 2.24. The van der Waals surface area contributed by atoms with Gasteiger partial charge in [0.1, 0.15) is 0 Å². The molecule has 0 saturated heterocycles. The van der Waals surface area contributed by atoms with Crippen LogP contribution in [0.25, 0.3) is 0 Å². The van der Waals surface area contributed by atoms with Gasteiger partial charge in [-0.15, -0.1) is 0 Å². The van der Waals surface area contributed by atoms with Gasteiger partial charge in [-0.25, -0.2) is 0 Å². The third kappa shape index (κ3) is 2.72. The minimum Gasteiger partial charge on any atom is -0.395 e. The molecule has 6 nitrogen and oxygen atoms in total. The van der Waals surface area contributed by atoms with Gasteiger partial charge in [0.15, 0.2) is 5.69 Å². The summed E-state index contributed by atoms with van der Waals surface area (Å²) in [5, 5.41) is 15.7. The Morgan fingerprint density at radius 1 is 1.48 bits per heavy atom. The highest BCUT2D eigenvalue weighted by atomic mass is 16.2. The van der Waals surface area contributed by atoms with E-state index in [1.165, 1.54) is 4.90 Å². The third-order valence-corrected chi connectivity index (χ3v) is 3.28. The number of anilines is 2. The molecule has 0 spiro atoms. The second kappa shape index (κ2) is 5.67. The van der Waals surface area contributed by atoms with Crippen LogP contribution in [0, 0.1) is 11.3 Å². The predicted molar refractivity (Wildman–Crippen MR) is 81.0 cm³/mol. The Labute approximate surface area is 123 Å². The molecule has 0 unspecified atom stereocenters. The number of rotatable bonds is 3. The molecular weight excluding hydrogens is 266 g/mol. The molecule has 0 fully saturated rings. The van der Waals surface area contributed by atoms with E-state index < -0.39 is 0 Å². The number of nitrogens with zero attached hydrogens (tertiary/aromatic N) is 3. The molecule has 0 bridgehead atoms. The summed E-state index contributed by atoms with van der Waals surface area (Å²) in [6.07, 6.45) is 0. The molecule has 1 aromatic carbocycles. The molecule has 6 heteroatoms. The van der Waals surface area contributed by atoms with Gasteiger partial charge in [0.2, 0.25) is 0 Å². The molecule has 0 aliphatic rings. The monoisotopic (exact) mass is 283 g/mol. The lowest BCUT2D eigenvalue weighted by molar-refractivity contribution is 0.0989. The number of carbonyl (C=O) groups excluding carboxylic acids is 1. The number of amides is 1. The Hall–Kier alpha value is -2.81. The van der Waals surface area contributed by atoms with Gasteiger partial charge in [-0.3, -0.25) is 9.89 Å². The SMILES string of the molecule is CC(C)c1[nH]nc(C(=O)N(C)c2cccc(C#N)c2)c1N. The highest BCUT2D eigenvalue weighted by Gasteiger charge is 2.22. The summed E-state index contributed by atoms with van der Waals surface area (Å²) in [6.45, 7) is 3.94. The Bertz CT molecular complexity index is 711. The molecule has 2 aromatic rings. The molecule has 108 valence electrons. The largest absolute Gasteiger partial charge is 0.395 e. The summed E-state index contributed by atoms with van der Waals surface area (Å²) in [7, 11) is 1.63. The number of nitrogens with two attached hydrogens (primary N) is 1. The molecule has 0 aliphatic heterocycles. The molecule has 0 saturated carbocycles. The molecule has 1 heterocycles. The number of carbonyl (C=O) groups is 1. The van der Waals surface area contributed by atoms with Crippen molar-refractivity contribution in [3.05, 3.63) is 41.2 Å². The van der Waals surface area contributed by atoms with Crippen LogP contribution in [-0.4, -0.2) is 23.2 Å². The van der Waals surface area contributed by atoms with Crippen LogP contribution < -0.4 is 10.6 Å². The Morgan fingerprint density at radius 3 is 2.76 bits per heavy atom. The van der Waals surface area contributed by atoms with E-state index in [4.69, 9.17) is 11.0 Å². The average molecular weight is 283 g/mol. The average Bonchev–Trinajstić information content (AvgIpc) is 2.87. The van der Waals surface area contributed by atoms with Crippen molar-refractivity contribution in [1.29, 1.82) is 5.26 Å². The smallest absolute Gasteiger partial charge is 0.280 e. The van der Waals surface area contributed by atoms with Crippen LogP contribution in [0.1, 0.15) is 41.5 Å². The number of nitrogens with one attached hydrogen (secondary N) is 1. The van der Waals surface area contributed by atoms with E-state index in [1.54, 1.807) is 31.3 Å². The molecule has 1 amide bonds. The quantitative estimate of drug-likeness (QED) is 0.902. The summed E-state index contributed by atoms with van der Waals surface area (Å²) in [5.41, 5.74) is 8.41. The first kappa shape index (κ1) is 14.6.